The predicted octanol–water partition coefficient (Wildman–Crippen LogP) is 3.50. The van der Waals surface area contributed by atoms with Crippen molar-refractivity contribution in [2.45, 2.75) is 32.6 Å². The van der Waals surface area contributed by atoms with Gasteiger partial charge in [0.2, 0.25) is 0 Å². The third-order valence-electron chi connectivity index (χ3n) is 3.20. The SMILES string of the molecule is Cc1ccc(C2/C=C\C(N)=C/CCC2C)o1. The summed E-state index contributed by atoms with van der Waals surface area (Å²) in [7, 11) is 0. The van der Waals surface area contributed by atoms with E-state index in [1.807, 2.05) is 19.1 Å². The van der Waals surface area contributed by atoms with Gasteiger partial charge in [-0.3, -0.25) is 0 Å². The first-order valence-electron chi connectivity index (χ1n) is 5.87. The van der Waals surface area contributed by atoms with Gasteiger partial charge < -0.3 is 10.2 Å². The quantitative estimate of drug-likeness (QED) is 0.782. The van der Waals surface area contributed by atoms with Crippen molar-refractivity contribution >= 4 is 0 Å². The molecule has 16 heavy (non-hydrogen) atoms. The predicted molar refractivity (Wildman–Crippen MR) is 66.0 cm³/mol. The van der Waals surface area contributed by atoms with Crippen LogP contribution < -0.4 is 5.73 Å². The molecule has 2 unspecified atom stereocenters. The van der Waals surface area contributed by atoms with E-state index in [1.165, 1.54) is 0 Å². The molecular formula is C14H19NO. The molecule has 86 valence electrons. The molecule has 0 aromatic carbocycles. The van der Waals surface area contributed by atoms with Crippen LogP contribution in [0, 0.1) is 12.8 Å². The largest absolute Gasteiger partial charge is 0.466 e. The average molecular weight is 217 g/mol. The number of furan rings is 1. The fourth-order valence-corrected chi connectivity index (χ4v) is 2.17. The number of allylic oxidation sites excluding steroid dienone is 3. The Morgan fingerprint density at radius 1 is 1.38 bits per heavy atom. The van der Waals surface area contributed by atoms with Crippen LogP contribution in [0.2, 0.25) is 0 Å². The van der Waals surface area contributed by atoms with E-state index in [2.05, 4.69) is 25.1 Å². The lowest BCUT2D eigenvalue weighted by molar-refractivity contribution is 0.394. The van der Waals surface area contributed by atoms with Crippen molar-refractivity contribution in [2.24, 2.45) is 11.7 Å². The summed E-state index contributed by atoms with van der Waals surface area (Å²) in [5, 5.41) is 0. The van der Waals surface area contributed by atoms with Crippen LogP contribution in [0.5, 0.6) is 0 Å². The van der Waals surface area contributed by atoms with Crippen LogP contribution >= 0.6 is 0 Å². The van der Waals surface area contributed by atoms with Crippen molar-refractivity contribution in [2.75, 3.05) is 0 Å². The van der Waals surface area contributed by atoms with Crippen molar-refractivity contribution in [3.63, 3.8) is 0 Å². The zero-order valence-corrected chi connectivity index (χ0v) is 9.94. The molecule has 2 atom stereocenters. The number of aryl methyl sites for hydroxylation is 1. The Balaban J connectivity index is 2.26. The van der Waals surface area contributed by atoms with Gasteiger partial charge in [0.05, 0.1) is 0 Å². The molecule has 2 rings (SSSR count). The molecular weight excluding hydrogens is 198 g/mol. The lowest BCUT2D eigenvalue weighted by Crippen LogP contribution is -2.09. The van der Waals surface area contributed by atoms with Gasteiger partial charge >= 0.3 is 0 Å². The molecule has 0 radical (unpaired) electrons. The molecule has 2 nitrogen and oxygen atoms in total. The average Bonchev–Trinajstić information content (AvgIpc) is 2.63. The summed E-state index contributed by atoms with van der Waals surface area (Å²) >= 11 is 0. The summed E-state index contributed by atoms with van der Waals surface area (Å²) in [5.74, 6) is 2.96. The minimum Gasteiger partial charge on any atom is -0.466 e. The van der Waals surface area contributed by atoms with Gasteiger partial charge in [0.25, 0.3) is 0 Å². The van der Waals surface area contributed by atoms with Crippen LogP contribution in [0.1, 0.15) is 37.2 Å². The van der Waals surface area contributed by atoms with Gasteiger partial charge in [-0.15, -0.1) is 0 Å². The maximum absolute atomic E-state index is 5.84. The Morgan fingerprint density at radius 2 is 2.19 bits per heavy atom. The van der Waals surface area contributed by atoms with E-state index in [1.54, 1.807) is 0 Å². The van der Waals surface area contributed by atoms with Crippen molar-refractivity contribution in [3.05, 3.63) is 47.6 Å². The van der Waals surface area contributed by atoms with Gasteiger partial charge in [-0.1, -0.05) is 19.1 Å². The second kappa shape index (κ2) is 4.60. The summed E-state index contributed by atoms with van der Waals surface area (Å²) in [4.78, 5) is 0. The molecule has 1 heterocycles. The van der Waals surface area contributed by atoms with Crippen molar-refractivity contribution in [1.82, 2.24) is 0 Å². The third-order valence-corrected chi connectivity index (χ3v) is 3.20. The zero-order chi connectivity index (χ0) is 11.5. The molecule has 1 aliphatic carbocycles. The normalized spacial score (nSPS) is 31.2. The summed E-state index contributed by atoms with van der Waals surface area (Å²) < 4.78 is 5.71. The molecule has 2 heteroatoms. The first kappa shape index (κ1) is 11.1. The summed E-state index contributed by atoms with van der Waals surface area (Å²) in [6.45, 7) is 4.25. The Morgan fingerprint density at radius 3 is 2.88 bits per heavy atom. The Labute approximate surface area is 96.8 Å². The van der Waals surface area contributed by atoms with Crippen LogP contribution in [0.25, 0.3) is 0 Å². The van der Waals surface area contributed by atoms with Gasteiger partial charge in [-0.25, -0.2) is 0 Å². The highest BCUT2D eigenvalue weighted by atomic mass is 16.3. The maximum Gasteiger partial charge on any atom is 0.111 e. The number of rotatable bonds is 1. The minimum atomic E-state index is 0.348. The van der Waals surface area contributed by atoms with Crippen LogP contribution in [0.4, 0.5) is 0 Å². The Hall–Kier alpha value is -1.44. The molecule has 0 spiro atoms. The molecule has 1 aliphatic rings. The Kier molecular flexibility index (Phi) is 3.18. The second-order valence-corrected chi connectivity index (χ2v) is 4.59. The molecule has 0 bridgehead atoms. The first-order chi connectivity index (χ1) is 7.66. The lowest BCUT2D eigenvalue weighted by atomic mass is 9.86. The molecule has 0 amide bonds. The lowest BCUT2D eigenvalue weighted by Gasteiger charge is -2.20. The minimum absolute atomic E-state index is 0.348. The highest BCUT2D eigenvalue weighted by molar-refractivity contribution is 5.24. The molecule has 1 aromatic heterocycles. The maximum atomic E-state index is 5.84. The van der Waals surface area contributed by atoms with E-state index in [9.17, 15) is 0 Å². The highest BCUT2D eigenvalue weighted by Gasteiger charge is 2.20. The summed E-state index contributed by atoms with van der Waals surface area (Å²) in [6, 6.07) is 4.09. The zero-order valence-electron chi connectivity index (χ0n) is 9.94. The monoisotopic (exact) mass is 217 g/mol. The van der Waals surface area contributed by atoms with Gasteiger partial charge in [0.15, 0.2) is 0 Å². The molecule has 1 aromatic rings. The van der Waals surface area contributed by atoms with Crippen molar-refractivity contribution < 1.29 is 4.42 Å². The van der Waals surface area contributed by atoms with Gasteiger partial charge in [0.1, 0.15) is 11.5 Å². The topological polar surface area (TPSA) is 39.2 Å². The van der Waals surface area contributed by atoms with E-state index in [4.69, 9.17) is 10.2 Å². The van der Waals surface area contributed by atoms with E-state index in [0.717, 1.165) is 30.1 Å². The number of nitrogens with two attached hydrogens (primary N) is 1. The van der Waals surface area contributed by atoms with E-state index >= 15 is 0 Å². The number of hydrogen-bond acceptors (Lipinski definition) is 2. The summed E-state index contributed by atoms with van der Waals surface area (Å²) in [6.07, 6.45) is 8.45. The van der Waals surface area contributed by atoms with Crippen LogP contribution in [-0.2, 0) is 0 Å². The van der Waals surface area contributed by atoms with E-state index in [0.29, 0.717) is 11.8 Å². The molecule has 0 saturated heterocycles. The van der Waals surface area contributed by atoms with Crippen molar-refractivity contribution in [1.29, 1.82) is 0 Å². The van der Waals surface area contributed by atoms with E-state index < -0.39 is 0 Å². The smallest absolute Gasteiger partial charge is 0.111 e. The standard InChI is InChI=1S/C14H19NO/c1-10-4-3-5-12(15)7-8-13(10)14-9-6-11(2)16-14/h5-10,13H,3-4,15H2,1-2H3/b8-7-,12-5+. The van der Waals surface area contributed by atoms with Crippen LogP contribution in [0.15, 0.2) is 40.5 Å². The van der Waals surface area contributed by atoms with Crippen molar-refractivity contribution in [3.8, 4) is 0 Å². The first-order valence-corrected chi connectivity index (χ1v) is 5.87. The van der Waals surface area contributed by atoms with E-state index in [-0.39, 0.29) is 0 Å². The molecule has 0 aliphatic heterocycles. The molecule has 2 N–H and O–H groups in total. The van der Waals surface area contributed by atoms with Gasteiger partial charge in [0, 0.05) is 11.6 Å². The fourth-order valence-electron chi connectivity index (χ4n) is 2.17. The van der Waals surface area contributed by atoms with Crippen LogP contribution in [-0.4, -0.2) is 0 Å². The fraction of sp³-hybridized carbons (Fsp3) is 0.429. The Bertz CT molecular complexity index is 414. The highest BCUT2D eigenvalue weighted by Crippen LogP contribution is 2.32. The third kappa shape index (κ3) is 2.38. The van der Waals surface area contributed by atoms with Crippen LogP contribution in [0.3, 0.4) is 0 Å². The molecule has 0 saturated carbocycles. The van der Waals surface area contributed by atoms with Gasteiger partial charge in [-0.05, 0) is 43.9 Å². The summed E-state index contributed by atoms with van der Waals surface area (Å²) in [5.41, 5.74) is 6.70. The second-order valence-electron chi connectivity index (χ2n) is 4.59. The molecule has 0 fully saturated rings. The van der Waals surface area contributed by atoms with Gasteiger partial charge in [-0.2, -0.15) is 0 Å². The number of hydrogen-bond donors (Lipinski definition) is 1.